The highest BCUT2D eigenvalue weighted by molar-refractivity contribution is 5.72. The van der Waals surface area contributed by atoms with Gasteiger partial charge < -0.3 is 33.5 Å². The lowest BCUT2D eigenvalue weighted by molar-refractivity contribution is -0.140. The van der Waals surface area contributed by atoms with Crippen molar-refractivity contribution in [2.75, 3.05) is 35.2 Å². The lowest BCUT2D eigenvalue weighted by atomic mass is 9.87. The fraction of sp³-hybridized carbons (Fsp3) is 0.350. The number of carbonyl (C=O) groups is 1. The number of methoxy groups -OCH3 is 4. The summed E-state index contributed by atoms with van der Waals surface area (Å²) in [6, 6.07) is 6.60. The van der Waals surface area contributed by atoms with Gasteiger partial charge in [0.05, 0.1) is 34.9 Å². The summed E-state index contributed by atoms with van der Waals surface area (Å²) in [4.78, 5) is 12.1. The molecular weight excluding hydrogens is 368 g/mol. The average molecular weight is 390 g/mol. The van der Waals surface area contributed by atoms with E-state index in [1.165, 1.54) is 34.5 Å². The van der Waals surface area contributed by atoms with E-state index in [0.717, 1.165) is 0 Å². The second-order valence-corrected chi connectivity index (χ2v) is 6.06. The number of hydrogen-bond donors (Lipinski definition) is 1. The first-order valence-corrected chi connectivity index (χ1v) is 8.51. The van der Waals surface area contributed by atoms with Crippen molar-refractivity contribution in [3.63, 3.8) is 0 Å². The van der Waals surface area contributed by atoms with Crippen molar-refractivity contribution in [3.05, 3.63) is 35.4 Å². The maximum atomic E-state index is 12.1. The summed E-state index contributed by atoms with van der Waals surface area (Å²) in [5.41, 5.74) is 1.16. The van der Waals surface area contributed by atoms with Crippen LogP contribution in [0.1, 0.15) is 23.5 Å². The topological polar surface area (TPSA) is 92.7 Å². The van der Waals surface area contributed by atoms with Gasteiger partial charge in [-0.05, 0) is 23.8 Å². The first-order chi connectivity index (χ1) is 13.5. The SMILES string of the molecule is COC(=O)C[C@H](c1cc(OC)c(OC)c(OC)c1)c1cc2c(cc1O)OCO2. The third-order valence-corrected chi connectivity index (χ3v) is 4.59. The van der Waals surface area contributed by atoms with Crippen LogP contribution in [0.3, 0.4) is 0 Å². The summed E-state index contributed by atoms with van der Waals surface area (Å²) < 4.78 is 31.7. The van der Waals surface area contributed by atoms with Gasteiger partial charge >= 0.3 is 5.97 Å². The van der Waals surface area contributed by atoms with E-state index < -0.39 is 11.9 Å². The van der Waals surface area contributed by atoms with Gasteiger partial charge in [-0.3, -0.25) is 4.79 Å². The second-order valence-electron chi connectivity index (χ2n) is 6.06. The highest BCUT2D eigenvalue weighted by Gasteiger charge is 2.28. The zero-order chi connectivity index (χ0) is 20.3. The molecule has 0 amide bonds. The van der Waals surface area contributed by atoms with Crippen molar-refractivity contribution < 1.29 is 38.3 Å². The van der Waals surface area contributed by atoms with E-state index in [-0.39, 0.29) is 19.0 Å². The van der Waals surface area contributed by atoms with Gasteiger partial charge in [-0.2, -0.15) is 0 Å². The monoisotopic (exact) mass is 390 g/mol. The number of carbonyl (C=O) groups excluding carboxylic acids is 1. The lowest BCUT2D eigenvalue weighted by Gasteiger charge is -2.21. The number of rotatable bonds is 7. The van der Waals surface area contributed by atoms with Gasteiger partial charge in [-0.25, -0.2) is 0 Å². The highest BCUT2D eigenvalue weighted by atomic mass is 16.7. The molecule has 1 aliphatic rings. The van der Waals surface area contributed by atoms with Crippen LogP contribution in [0.15, 0.2) is 24.3 Å². The van der Waals surface area contributed by atoms with Gasteiger partial charge in [0, 0.05) is 17.5 Å². The Morgan fingerprint density at radius 2 is 1.61 bits per heavy atom. The Labute approximate surface area is 162 Å². The Bertz CT molecular complexity index is 852. The van der Waals surface area contributed by atoms with E-state index in [1.54, 1.807) is 18.2 Å². The number of benzene rings is 2. The van der Waals surface area contributed by atoms with Crippen molar-refractivity contribution >= 4 is 5.97 Å². The Morgan fingerprint density at radius 3 is 2.14 bits per heavy atom. The molecule has 0 aliphatic carbocycles. The van der Waals surface area contributed by atoms with Crippen LogP contribution in [0.4, 0.5) is 0 Å². The van der Waals surface area contributed by atoms with Crippen LogP contribution in [0, 0.1) is 0 Å². The molecule has 8 nitrogen and oxygen atoms in total. The molecule has 0 aromatic heterocycles. The van der Waals surface area contributed by atoms with Gasteiger partial charge in [0.25, 0.3) is 0 Å². The summed E-state index contributed by atoms with van der Waals surface area (Å²) in [6.07, 6.45) is -0.0116. The summed E-state index contributed by atoms with van der Waals surface area (Å²) in [5.74, 6) is 1.25. The van der Waals surface area contributed by atoms with E-state index in [9.17, 15) is 9.90 Å². The predicted octanol–water partition coefficient (Wildman–Crippen LogP) is 2.84. The maximum absolute atomic E-state index is 12.1. The molecule has 0 fully saturated rings. The molecule has 0 spiro atoms. The molecule has 1 atom stereocenters. The number of fused-ring (bicyclic) bond motifs is 1. The van der Waals surface area contributed by atoms with Crippen LogP contribution < -0.4 is 23.7 Å². The van der Waals surface area contributed by atoms with Crippen molar-refractivity contribution in [2.24, 2.45) is 0 Å². The smallest absolute Gasteiger partial charge is 0.306 e. The summed E-state index contributed by atoms with van der Waals surface area (Å²) >= 11 is 0. The summed E-state index contributed by atoms with van der Waals surface area (Å²) in [5, 5.41) is 10.6. The van der Waals surface area contributed by atoms with Gasteiger partial charge in [-0.15, -0.1) is 0 Å². The minimum atomic E-state index is -0.546. The second kappa shape index (κ2) is 8.16. The van der Waals surface area contributed by atoms with Crippen LogP contribution in [-0.4, -0.2) is 46.3 Å². The van der Waals surface area contributed by atoms with Crippen molar-refractivity contribution in [1.29, 1.82) is 0 Å². The fourth-order valence-electron chi connectivity index (χ4n) is 3.19. The van der Waals surface area contributed by atoms with Crippen LogP contribution in [0.25, 0.3) is 0 Å². The molecule has 1 heterocycles. The molecule has 0 unspecified atom stereocenters. The van der Waals surface area contributed by atoms with E-state index in [0.29, 0.717) is 39.9 Å². The third kappa shape index (κ3) is 3.58. The Balaban J connectivity index is 2.15. The number of aromatic hydroxyl groups is 1. The molecule has 8 heteroatoms. The Hall–Kier alpha value is -3.29. The van der Waals surface area contributed by atoms with Crippen molar-refractivity contribution in [1.82, 2.24) is 0 Å². The third-order valence-electron chi connectivity index (χ3n) is 4.59. The Morgan fingerprint density at radius 1 is 1.00 bits per heavy atom. The molecule has 150 valence electrons. The van der Waals surface area contributed by atoms with Crippen LogP contribution >= 0.6 is 0 Å². The first kappa shape index (κ1) is 19.5. The number of phenolic OH excluding ortho intramolecular Hbond substituents is 1. The quantitative estimate of drug-likeness (QED) is 0.722. The number of hydrogen-bond acceptors (Lipinski definition) is 8. The van der Waals surface area contributed by atoms with Gasteiger partial charge in [0.15, 0.2) is 23.0 Å². The van der Waals surface area contributed by atoms with Gasteiger partial charge in [0.2, 0.25) is 12.5 Å². The van der Waals surface area contributed by atoms with Gasteiger partial charge in [-0.1, -0.05) is 0 Å². The van der Waals surface area contributed by atoms with E-state index in [1.807, 2.05) is 0 Å². The van der Waals surface area contributed by atoms with Crippen LogP contribution in [0.5, 0.6) is 34.5 Å². The zero-order valence-corrected chi connectivity index (χ0v) is 16.1. The molecule has 0 saturated carbocycles. The van der Waals surface area contributed by atoms with E-state index in [2.05, 4.69) is 0 Å². The van der Waals surface area contributed by atoms with Crippen LogP contribution in [0.2, 0.25) is 0 Å². The summed E-state index contributed by atoms with van der Waals surface area (Å²) in [7, 11) is 5.84. The van der Waals surface area contributed by atoms with E-state index in [4.69, 9.17) is 28.4 Å². The molecule has 2 aromatic rings. The van der Waals surface area contributed by atoms with Crippen molar-refractivity contribution in [3.8, 4) is 34.5 Å². The zero-order valence-electron chi connectivity index (χ0n) is 16.1. The average Bonchev–Trinajstić information content (AvgIpc) is 3.17. The highest BCUT2D eigenvalue weighted by Crippen LogP contribution is 2.46. The molecule has 28 heavy (non-hydrogen) atoms. The van der Waals surface area contributed by atoms with Gasteiger partial charge in [0.1, 0.15) is 5.75 Å². The molecule has 3 rings (SSSR count). The standard InChI is InChI=1S/C20H22O8/c1-23-17-5-11(6-18(24-2)20(17)26-4)12(8-19(22)25-3)13-7-15-16(9-14(13)21)28-10-27-15/h5-7,9,12,21H,8,10H2,1-4H3/t12-/m1/s1. The molecule has 0 saturated heterocycles. The minimum absolute atomic E-state index is 0.0116. The molecule has 0 bridgehead atoms. The Kier molecular flexibility index (Phi) is 5.67. The molecule has 2 aromatic carbocycles. The largest absolute Gasteiger partial charge is 0.508 e. The summed E-state index contributed by atoms with van der Waals surface area (Å²) in [6.45, 7) is 0.0735. The number of esters is 1. The maximum Gasteiger partial charge on any atom is 0.306 e. The first-order valence-electron chi connectivity index (χ1n) is 8.51. The molecule has 1 aliphatic heterocycles. The molecular formula is C20H22O8. The van der Waals surface area contributed by atoms with E-state index >= 15 is 0 Å². The fourth-order valence-corrected chi connectivity index (χ4v) is 3.19. The normalized spacial score (nSPS) is 13.0. The number of ether oxygens (including phenoxy) is 6. The number of phenols is 1. The predicted molar refractivity (Wildman–Crippen MR) is 98.8 cm³/mol. The lowest BCUT2D eigenvalue weighted by Crippen LogP contribution is -2.11. The minimum Gasteiger partial charge on any atom is -0.508 e. The molecule has 1 N–H and O–H groups in total. The molecule has 0 radical (unpaired) electrons. The van der Waals surface area contributed by atoms with Crippen molar-refractivity contribution in [2.45, 2.75) is 12.3 Å². The van der Waals surface area contributed by atoms with Crippen LogP contribution in [-0.2, 0) is 9.53 Å².